The molecule has 3 aromatic rings. The van der Waals surface area contributed by atoms with E-state index in [-0.39, 0.29) is 23.9 Å². The van der Waals surface area contributed by atoms with Crippen LogP contribution >= 0.6 is 0 Å². The van der Waals surface area contributed by atoms with Crippen molar-refractivity contribution in [2.24, 2.45) is 0 Å². The normalized spacial score (nSPS) is 15.4. The van der Waals surface area contributed by atoms with Gasteiger partial charge in [-0.15, -0.1) is 0 Å². The summed E-state index contributed by atoms with van der Waals surface area (Å²) < 4.78 is 32.8. The molecule has 0 bridgehead atoms. The van der Waals surface area contributed by atoms with Crippen LogP contribution in [-0.4, -0.2) is 55.8 Å². The first-order valence-electron chi connectivity index (χ1n) is 11.0. The Morgan fingerprint density at radius 1 is 0.882 bits per heavy atom. The Kier molecular flexibility index (Phi) is 6.96. The maximum absolute atomic E-state index is 12.9. The molecule has 7 nitrogen and oxygen atoms in total. The van der Waals surface area contributed by atoms with Gasteiger partial charge in [0.1, 0.15) is 5.75 Å². The number of carbonyl (C=O) groups excluding carboxylic acids is 1. The molecule has 3 aromatic carbocycles. The van der Waals surface area contributed by atoms with Gasteiger partial charge in [-0.2, -0.15) is 9.57 Å². The summed E-state index contributed by atoms with van der Waals surface area (Å²) in [5.41, 5.74) is 2.57. The Morgan fingerprint density at radius 2 is 1.44 bits per heavy atom. The monoisotopic (exact) mass is 475 g/mol. The summed E-state index contributed by atoms with van der Waals surface area (Å²) in [4.78, 5) is 14.8. The van der Waals surface area contributed by atoms with E-state index in [0.29, 0.717) is 24.4 Å². The number of nitrogens with zero attached hydrogens (tertiary/aromatic N) is 3. The molecule has 0 saturated carbocycles. The number of benzene rings is 3. The maximum Gasteiger partial charge on any atom is 0.263 e. The number of carbonyl (C=O) groups is 1. The highest BCUT2D eigenvalue weighted by Crippen LogP contribution is 2.24. The van der Waals surface area contributed by atoms with Crippen molar-refractivity contribution < 1.29 is 17.9 Å². The van der Waals surface area contributed by atoms with Crippen molar-refractivity contribution in [3.8, 4) is 22.9 Å². The molecule has 0 N–H and O–H groups in total. The standard InChI is InChI=1S/C26H25N3O4S/c1-20(33-24-13-11-23(12-14-24)22-9-7-21(19-27)8-10-22)26(30)28-15-17-29(18-16-28)34(31,32)25-5-3-2-4-6-25/h2-14,20H,15-18H2,1H3/t20-/m1/s1. The fourth-order valence-corrected chi connectivity index (χ4v) is 5.31. The number of amides is 1. The van der Waals surface area contributed by atoms with E-state index in [1.165, 1.54) is 4.31 Å². The zero-order chi connectivity index (χ0) is 24.1. The van der Waals surface area contributed by atoms with Crippen LogP contribution in [0.25, 0.3) is 11.1 Å². The number of hydrogen-bond donors (Lipinski definition) is 0. The molecule has 1 amide bonds. The SMILES string of the molecule is C[C@@H](Oc1ccc(-c2ccc(C#N)cc2)cc1)C(=O)N1CCN(S(=O)(=O)c2ccccc2)CC1. The van der Waals surface area contributed by atoms with E-state index in [1.54, 1.807) is 54.3 Å². The van der Waals surface area contributed by atoms with Gasteiger partial charge in [0.15, 0.2) is 6.10 Å². The van der Waals surface area contributed by atoms with E-state index in [9.17, 15) is 13.2 Å². The van der Waals surface area contributed by atoms with Crippen LogP contribution in [0.5, 0.6) is 5.75 Å². The van der Waals surface area contributed by atoms with E-state index >= 15 is 0 Å². The molecule has 1 atom stereocenters. The Morgan fingerprint density at radius 3 is 2.00 bits per heavy atom. The predicted octanol–water partition coefficient (Wildman–Crippen LogP) is 3.53. The van der Waals surface area contributed by atoms with Crippen LogP contribution in [0.2, 0.25) is 0 Å². The van der Waals surface area contributed by atoms with Crippen LogP contribution in [0, 0.1) is 11.3 Å². The molecule has 0 aromatic heterocycles. The molecule has 1 heterocycles. The second-order valence-corrected chi connectivity index (χ2v) is 9.95. The summed E-state index contributed by atoms with van der Waals surface area (Å²) in [7, 11) is -3.56. The summed E-state index contributed by atoms with van der Waals surface area (Å²) in [6.07, 6.45) is -0.696. The zero-order valence-electron chi connectivity index (χ0n) is 18.8. The average molecular weight is 476 g/mol. The Hall–Kier alpha value is -3.67. The van der Waals surface area contributed by atoms with E-state index in [2.05, 4.69) is 6.07 Å². The lowest BCUT2D eigenvalue weighted by Gasteiger charge is -2.35. The maximum atomic E-state index is 12.9. The summed E-state index contributed by atoms with van der Waals surface area (Å²) in [6, 6.07) is 25.2. The van der Waals surface area contributed by atoms with Gasteiger partial charge in [0.05, 0.1) is 16.5 Å². The molecular weight excluding hydrogens is 450 g/mol. The Balaban J connectivity index is 1.33. The second-order valence-electron chi connectivity index (χ2n) is 8.02. The molecule has 1 aliphatic heterocycles. The fraction of sp³-hybridized carbons (Fsp3) is 0.231. The number of piperazine rings is 1. The third-order valence-electron chi connectivity index (χ3n) is 5.79. The van der Waals surface area contributed by atoms with Crippen LogP contribution in [0.3, 0.4) is 0 Å². The Labute approximate surface area is 199 Å². The molecule has 0 spiro atoms. The minimum absolute atomic E-state index is 0.173. The highest BCUT2D eigenvalue weighted by molar-refractivity contribution is 7.89. The van der Waals surface area contributed by atoms with Crippen molar-refractivity contribution in [1.29, 1.82) is 5.26 Å². The minimum atomic E-state index is -3.56. The number of ether oxygens (including phenoxy) is 1. The molecule has 8 heteroatoms. The summed E-state index contributed by atoms with van der Waals surface area (Å²) in [6.45, 7) is 2.82. The molecule has 0 radical (unpaired) electrons. The minimum Gasteiger partial charge on any atom is -0.481 e. The number of hydrogen-bond acceptors (Lipinski definition) is 5. The van der Waals surface area contributed by atoms with Crippen LogP contribution in [0.15, 0.2) is 83.8 Å². The number of rotatable bonds is 6. The van der Waals surface area contributed by atoms with Gasteiger partial charge in [0.2, 0.25) is 10.0 Å². The van der Waals surface area contributed by atoms with Crippen molar-refractivity contribution in [2.45, 2.75) is 17.9 Å². The molecule has 1 aliphatic rings. The Bertz CT molecular complexity index is 1280. The lowest BCUT2D eigenvalue weighted by molar-refractivity contribution is -0.139. The van der Waals surface area contributed by atoms with Gasteiger partial charge in [-0.25, -0.2) is 8.42 Å². The van der Waals surface area contributed by atoms with Gasteiger partial charge < -0.3 is 9.64 Å². The fourth-order valence-electron chi connectivity index (χ4n) is 3.87. The van der Waals surface area contributed by atoms with E-state index < -0.39 is 16.1 Å². The molecule has 4 rings (SSSR count). The van der Waals surface area contributed by atoms with Crippen LogP contribution in [-0.2, 0) is 14.8 Å². The summed E-state index contributed by atoms with van der Waals surface area (Å²) >= 11 is 0. The summed E-state index contributed by atoms with van der Waals surface area (Å²) in [5.74, 6) is 0.400. The highest BCUT2D eigenvalue weighted by atomic mass is 32.2. The van der Waals surface area contributed by atoms with Crippen molar-refractivity contribution in [1.82, 2.24) is 9.21 Å². The van der Waals surface area contributed by atoms with Gasteiger partial charge in [0, 0.05) is 26.2 Å². The molecule has 1 saturated heterocycles. The van der Waals surface area contributed by atoms with Gasteiger partial charge in [-0.05, 0) is 54.4 Å². The smallest absolute Gasteiger partial charge is 0.263 e. The quantitative estimate of drug-likeness (QED) is 0.544. The summed E-state index contributed by atoms with van der Waals surface area (Å²) in [5, 5.41) is 8.93. The van der Waals surface area contributed by atoms with E-state index in [0.717, 1.165) is 11.1 Å². The predicted molar refractivity (Wildman–Crippen MR) is 128 cm³/mol. The first-order chi connectivity index (χ1) is 16.4. The van der Waals surface area contributed by atoms with Crippen LogP contribution in [0.1, 0.15) is 12.5 Å². The third kappa shape index (κ3) is 5.11. The second kappa shape index (κ2) is 10.1. The third-order valence-corrected chi connectivity index (χ3v) is 7.71. The molecule has 34 heavy (non-hydrogen) atoms. The van der Waals surface area contributed by atoms with E-state index in [4.69, 9.17) is 10.00 Å². The average Bonchev–Trinajstić information content (AvgIpc) is 2.89. The first kappa shape index (κ1) is 23.5. The molecule has 1 fully saturated rings. The lowest BCUT2D eigenvalue weighted by atomic mass is 10.0. The van der Waals surface area contributed by atoms with Crippen LogP contribution in [0.4, 0.5) is 0 Å². The van der Waals surface area contributed by atoms with Gasteiger partial charge in [0.25, 0.3) is 5.91 Å². The first-order valence-corrected chi connectivity index (χ1v) is 12.4. The number of sulfonamides is 1. The lowest BCUT2D eigenvalue weighted by Crippen LogP contribution is -2.53. The highest BCUT2D eigenvalue weighted by Gasteiger charge is 2.31. The van der Waals surface area contributed by atoms with Gasteiger partial charge in [-0.3, -0.25) is 4.79 Å². The largest absolute Gasteiger partial charge is 0.481 e. The van der Waals surface area contributed by atoms with Gasteiger partial charge >= 0.3 is 0 Å². The number of nitriles is 1. The topological polar surface area (TPSA) is 90.7 Å². The molecule has 0 unspecified atom stereocenters. The van der Waals surface area contributed by atoms with Crippen molar-refractivity contribution in [3.63, 3.8) is 0 Å². The molecular formula is C26H25N3O4S. The molecule has 0 aliphatic carbocycles. The van der Waals surface area contributed by atoms with Gasteiger partial charge in [-0.1, -0.05) is 42.5 Å². The van der Waals surface area contributed by atoms with Crippen molar-refractivity contribution in [2.75, 3.05) is 26.2 Å². The zero-order valence-corrected chi connectivity index (χ0v) is 19.6. The molecule has 174 valence electrons. The van der Waals surface area contributed by atoms with Crippen molar-refractivity contribution >= 4 is 15.9 Å². The van der Waals surface area contributed by atoms with Crippen molar-refractivity contribution in [3.05, 3.63) is 84.4 Å². The van der Waals surface area contributed by atoms with Crippen LogP contribution < -0.4 is 4.74 Å². The van der Waals surface area contributed by atoms with E-state index in [1.807, 2.05) is 36.4 Å².